The van der Waals surface area contributed by atoms with E-state index in [2.05, 4.69) is 5.32 Å². The summed E-state index contributed by atoms with van der Waals surface area (Å²) in [4.78, 5) is 36.4. The number of rotatable bonds is 7. The van der Waals surface area contributed by atoms with Crippen molar-refractivity contribution in [1.29, 1.82) is 0 Å². The quantitative estimate of drug-likeness (QED) is 0.420. The van der Waals surface area contributed by atoms with E-state index in [9.17, 15) is 19.7 Å². The van der Waals surface area contributed by atoms with Crippen molar-refractivity contribution in [2.24, 2.45) is 0 Å². The van der Waals surface area contributed by atoms with Crippen molar-refractivity contribution in [1.82, 2.24) is 5.32 Å². The zero-order valence-corrected chi connectivity index (χ0v) is 17.3. The number of nitrogens with one attached hydrogen (secondary N) is 1. The van der Waals surface area contributed by atoms with E-state index in [1.807, 2.05) is 13.8 Å². The van der Waals surface area contributed by atoms with Gasteiger partial charge in [0.05, 0.1) is 29.1 Å². The van der Waals surface area contributed by atoms with E-state index >= 15 is 0 Å². The number of nitrogens with zero attached hydrogens (tertiary/aromatic N) is 1. The topological polar surface area (TPSA) is 108 Å². The molecule has 1 N–H and O–H groups in total. The van der Waals surface area contributed by atoms with Crippen molar-refractivity contribution < 1.29 is 24.0 Å². The summed E-state index contributed by atoms with van der Waals surface area (Å²) in [6.07, 6.45) is 1.05. The van der Waals surface area contributed by atoms with Gasteiger partial charge in [0.25, 0.3) is 5.69 Å². The molecule has 1 heterocycles. The van der Waals surface area contributed by atoms with Crippen LogP contribution in [-0.2, 0) is 19.1 Å². The minimum atomic E-state index is -0.842. The lowest BCUT2D eigenvalue weighted by atomic mass is 9.80. The molecule has 0 amide bonds. The molecular weight excluding hydrogens is 376 g/mol. The first kappa shape index (κ1) is 22.1. The Hall–Kier alpha value is -3.16. The van der Waals surface area contributed by atoms with Crippen molar-refractivity contribution >= 4 is 17.6 Å². The van der Waals surface area contributed by atoms with Gasteiger partial charge in [-0.25, -0.2) is 9.59 Å². The average Bonchev–Trinajstić information content (AvgIpc) is 2.70. The fourth-order valence-corrected chi connectivity index (χ4v) is 3.47. The molecule has 1 aromatic rings. The summed E-state index contributed by atoms with van der Waals surface area (Å²) in [6.45, 7) is 7.25. The maximum absolute atomic E-state index is 13.1. The van der Waals surface area contributed by atoms with Gasteiger partial charge in [0, 0.05) is 23.5 Å². The van der Waals surface area contributed by atoms with Gasteiger partial charge >= 0.3 is 11.9 Å². The molecule has 0 bridgehead atoms. The summed E-state index contributed by atoms with van der Waals surface area (Å²) in [5, 5.41) is 14.3. The molecule has 0 aromatic heterocycles. The Kier molecular flexibility index (Phi) is 7.14. The van der Waals surface area contributed by atoms with Crippen LogP contribution < -0.4 is 5.32 Å². The molecule has 0 fully saturated rings. The lowest BCUT2D eigenvalue weighted by Gasteiger charge is -2.31. The fourth-order valence-electron chi connectivity index (χ4n) is 3.47. The summed E-state index contributed by atoms with van der Waals surface area (Å²) in [5.41, 5.74) is 1.82. The second-order valence-electron chi connectivity index (χ2n) is 6.82. The lowest BCUT2D eigenvalue weighted by molar-refractivity contribution is -0.384. The number of nitro benzene ring substituents is 1. The van der Waals surface area contributed by atoms with Crippen LogP contribution in [0.5, 0.6) is 0 Å². The van der Waals surface area contributed by atoms with E-state index in [4.69, 9.17) is 9.47 Å². The fraction of sp³-hybridized carbons (Fsp3) is 0.429. The number of methoxy groups -OCH3 is 1. The van der Waals surface area contributed by atoms with Gasteiger partial charge in [0.2, 0.25) is 0 Å². The van der Waals surface area contributed by atoms with Crippen LogP contribution in [0.4, 0.5) is 5.69 Å². The summed E-state index contributed by atoms with van der Waals surface area (Å²) in [6, 6.07) is 5.90. The SMILES string of the molecule is CCC(CC)OC(=O)C1=C(C)NC(C)=C(C(=O)OC)C1c1cccc([N+](=O)[O-])c1. The predicted molar refractivity (Wildman–Crippen MR) is 107 cm³/mol. The van der Waals surface area contributed by atoms with Gasteiger partial charge < -0.3 is 14.8 Å². The second kappa shape index (κ2) is 9.36. The van der Waals surface area contributed by atoms with Crippen LogP contribution in [0, 0.1) is 10.1 Å². The number of dihydropyridines is 1. The molecule has 2 rings (SSSR count). The van der Waals surface area contributed by atoms with Crippen molar-refractivity contribution in [3.8, 4) is 0 Å². The molecule has 1 unspecified atom stereocenters. The average molecular weight is 402 g/mol. The van der Waals surface area contributed by atoms with E-state index in [0.29, 0.717) is 29.8 Å². The molecule has 1 aliphatic heterocycles. The number of esters is 2. The van der Waals surface area contributed by atoms with E-state index in [0.717, 1.165) is 0 Å². The van der Waals surface area contributed by atoms with E-state index < -0.39 is 22.8 Å². The molecule has 29 heavy (non-hydrogen) atoms. The highest BCUT2D eigenvalue weighted by Crippen LogP contribution is 2.40. The van der Waals surface area contributed by atoms with Crippen LogP contribution >= 0.6 is 0 Å². The van der Waals surface area contributed by atoms with Crippen molar-refractivity contribution in [3.63, 3.8) is 0 Å². The third-order valence-electron chi connectivity index (χ3n) is 4.98. The molecule has 1 aliphatic rings. The number of hydrogen-bond acceptors (Lipinski definition) is 7. The molecule has 0 radical (unpaired) electrons. The maximum atomic E-state index is 13.1. The van der Waals surface area contributed by atoms with Crippen LogP contribution in [0.15, 0.2) is 46.8 Å². The van der Waals surface area contributed by atoms with Crippen LogP contribution in [0.1, 0.15) is 52.0 Å². The van der Waals surface area contributed by atoms with E-state index in [1.54, 1.807) is 19.9 Å². The Morgan fingerprint density at radius 2 is 1.72 bits per heavy atom. The zero-order chi connectivity index (χ0) is 21.7. The summed E-state index contributed by atoms with van der Waals surface area (Å²) in [7, 11) is 1.25. The maximum Gasteiger partial charge on any atom is 0.337 e. The molecule has 8 nitrogen and oxygen atoms in total. The minimum Gasteiger partial charge on any atom is -0.466 e. The third-order valence-corrected chi connectivity index (χ3v) is 4.98. The van der Waals surface area contributed by atoms with Crippen LogP contribution in [0.2, 0.25) is 0 Å². The molecule has 8 heteroatoms. The Morgan fingerprint density at radius 3 is 2.24 bits per heavy atom. The van der Waals surface area contributed by atoms with Gasteiger partial charge in [-0.05, 0) is 32.3 Å². The number of hydrogen-bond donors (Lipinski definition) is 1. The number of ether oxygens (including phenoxy) is 2. The normalized spacial score (nSPS) is 16.6. The van der Waals surface area contributed by atoms with Crippen LogP contribution in [0.3, 0.4) is 0 Å². The number of non-ortho nitro benzene ring substituents is 1. The predicted octanol–water partition coefficient (Wildman–Crippen LogP) is 3.73. The number of benzene rings is 1. The highest BCUT2D eigenvalue weighted by atomic mass is 16.6. The van der Waals surface area contributed by atoms with Gasteiger partial charge in [0.1, 0.15) is 6.10 Å². The highest BCUT2D eigenvalue weighted by molar-refractivity contribution is 6.00. The molecule has 0 aliphatic carbocycles. The molecule has 1 aromatic carbocycles. The number of carbonyl (C=O) groups is 2. The Labute approximate surface area is 169 Å². The van der Waals surface area contributed by atoms with E-state index in [1.165, 1.54) is 25.3 Å². The summed E-state index contributed by atoms with van der Waals surface area (Å²) in [5.74, 6) is -2.02. The summed E-state index contributed by atoms with van der Waals surface area (Å²) < 4.78 is 10.6. The molecule has 0 saturated carbocycles. The third kappa shape index (κ3) is 4.64. The molecule has 0 spiro atoms. The van der Waals surface area contributed by atoms with Crippen LogP contribution in [-0.4, -0.2) is 30.1 Å². The highest BCUT2D eigenvalue weighted by Gasteiger charge is 2.38. The number of carbonyl (C=O) groups excluding carboxylic acids is 2. The first-order valence-corrected chi connectivity index (χ1v) is 9.47. The van der Waals surface area contributed by atoms with Crippen molar-refractivity contribution in [3.05, 3.63) is 62.5 Å². The van der Waals surface area contributed by atoms with Gasteiger partial charge in [-0.2, -0.15) is 0 Å². The molecular formula is C21H26N2O6. The molecule has 0 saturated heterocycles. The number of allylic oxidation sites excluding steroid dienone is 2. The first-order chi connectivity index (χ1) is 13.7. The standard InChI is InChI=1S/C21H26N2O6/c1-6-16(7-2)29-21(25)18-13(4)22-12(3)17(20(24)28-5)19(18)14-9-8-10-15(11-14)23(26)27/h8-11,16,19,22H,6-7H2,1-5H3. The van der Waals surface area contributed by atoms with Gasteiger partial charge in [-0.3, -0.25) is 10.1 Å². The Bertz CT molecular complexity index is 883. The second-order valence-corrected chi connectivity index (χ2v) is 6.82. The summed E-state index contributed by atoms with van der Waals surface area (Å²) >= 11 is 0. The van der Waals surface area contributed by atoms with Crippen molar-refractivity contribution in [2.45, 2.75) is 52.6 Å². The van der Waals surface area contributed by atoms with E-state index in [-0.39, 0.29) is 22.9 Å². The van der Waals surface area contributed by atoms with Crippen molar-refractivity contribution in [2.75, 3.05) is 7.11 Å². The minimum absolute atomic E-state index is 0.131. The Balaban J connectivity index is 2.65. The largest absolute Gasteiger partial charge is 0.466 e. The van der Waals surface area contributed by atoms with Gasteiger partial charge in [0.15, 0.2) is 0 Å². The van der Waals surface area contributed by atoms with Crippen LogP contribution in [0.25, 0.3) is 0 Å². The smallest absolute Gasteiger partial charge is 0.337 e. The number of nitro groups is 1. The Morgan fingerprint density at radius 1 is 1.14 bits per heavy atom. The lowest BCUT2D eigenvalue weighted by Crippen LogP contribution is -2.33. The first-order valence-electron chi connectivity index (χ1n) is 9.47. The molecule has 1 atom stereocenters. The van der Waals surface area contributed by atoms with Gasteiger partial charge in [-0.1, -0.05) is 26.0 Å². The van der Waals surface area contributed by atoms with Gasteiger partial charge in [-0.15, -0.1) is 0 Å². The molecule has 156 valence electrons. The zero-order valence-electron chi connectivity index (χ0n) is 17.3. The monoisotopic (exact) mass is 402 g/mol.